The van der Waals surface area contributed by atoms with Crippen LogP contribution < -0.4 is 15.4 Å². The smallest absolute Gasteiger partial charge is 0.224 e. The van der Waals surface area contributed by atoms with Gasteiger partial charge in [0.1, 0.15) is 11.6 Å². The monoisotopic (exact) mass is 359 g/mol. The summed E-state index contributed by atoms with van der Waals surface area (Å²) < 4.78 is 5.38. The predicted octanol–water partition coefficient (Wildman–Crippen LogP) is 4.06. The Morgan fingerprint density at radius 3 is 2.59 bits per heavy atom. The topological polar surface area (TPSA) is 82.9 Å². The number of hydrogen-bond donors (Lipinski definition) is 2. The largest absolute Gasteiger partial charge is 0.496 e. The molecule has 0 spiro atoms. The van der Waals surface area contributed by atoms with E-state index in [-0.39, 0.29) is 0 Å². The number of anilines is 3. The van der Waals surface area contributed by atoms with E-state index in [0.29, 0.717) is 23.9 Å². The molecular formula is C21H21N5O. The molecule has 0 aliphatic rings. The van der Waals surface area contributed by atoms with Crippen LogP contribution in [0.4, 0.5) is 17.5 Å². The Kier molecular flexibility index (Phi) is 5.85. The first-order valence-electron chi connectivity index (χ1n) is 8.66. The fraction of sp³-hybridized carbons (Fsp3) is 0.190. The molecule has 0 radical (unpaired) electrons. The minimum absolute atomic E-state index is 0.570. The van der Waals surface area contributed by atoms with Crippen molar-refractivity contribution in [3.63, 3.8) is 0 Å². The lowest BCUT2D eigenvalue weighted by molar-refractivity contribution is 0.410. The van der Waals surface area contributed by atoms with Crippen LogP contribution in [0.15, 0.2) is 54.6 Å². The van der Waals surface area contributed by atoms with Crippen LogP contribution in [0.3, 0.4) is 0 Å². The highest BCUT2D eigenvalue weighted by atomic mass is 16.5. The van der Waals surface area contributed by atoms with Crippen LogP contribution in [-0.4, -0.2) is 23.6 Å². The first-order chi connectivity index (χ1) is 13.2. The summed E-state index contributed by atoms with van der Waals surface area (Å²) >= 11 is 0. The van der Waals surface area contributed by atoms with Crippen molar-refractivity contribution in [2.45, 2.75) is 13.3 Å². The molecule has 0 bridgehead atoms. The van der Waals surface area contributed by atoms with Crippen molar-refractivity contribution in [1.29, 1.82) is 5.26 Å². The van der Waals surface area contributed by atoms with Crippen molar-refractivity contribution >= 4 is 17.5 Å². The van der Waals surface area contributed by atoms with E-state index >= 15 is 0 Å². The van der Waals surface area contributed by atoms with Gasteiger partial charge in [0.05, 0.1) is 18.7 Å². The summed E-state index contributed by atoms with van der Waals surface area (Å²) in [5.41, 5.74) is 3.49. The summed E-state index contributed by atoms with van der Waals surface area (Å²) in [4.78, 5) is 8.96. The fourth-order valence-electron chi connectivity index (χ4n) is 2.71. The van der Waals surface area contributed by atoms with Crippen LogP contribution in [0.2, 0.25) is 0 Å². The molecule has 0 unspecified atom stereocenters. The number of nitrogens with one attached hydrogen (secondary N) is 2. The third-order valence-electron chi connectivity index (χ3n) is 4.01. The summed E-state index contributed by atoms with van der Waals surface area (Å²) in [6, 6.07) is 19.2. The zero-order chi connectivity index (χ0) is 19.1. The molecule has 27 heavy (non-hydrogen) atoms. The van der Waals surface area contributed by atoms with E-state index < -0.39 is 0 Å². The van der Waals surface area contributed by atoms with Crippen molar-refractivity contribution in [1.82, 2.24) is 9.97 Å². The Balaban J connectivity index is 1.65. The van der Waals surface area contributed by atoms with Crippen LogP contribution in [0.5, 0.6) is 5.75 Å². The number of hydrogen-bond acceptors (Lipinski definition) is 6. The molecule has 0 fully saturated rings. The lowest BCUT2D eigenvalue weighted by Crippen LogP contribution is -2.10. The van der Waals surface area contributed by atoms with Gasteiger partial charge in [0, 0.05) is 24.0 Å². The second-order valence-electron chi connectivity index (χ2n) is 6.02. The summed E-state index contributed by atoms with van der Waals surface area (Å²) in [6.45, 7) is 2.62. The lowest BCUT2D eigenvalue weighted by atomic mass is 10.1. The van der Waals surface area contributed by atoms with Crippen LogP contribution in [0, 0.1) is 18.3 Å². The number of nitrogens with zero attached hydrogens (tertiary/aromatic N) is 3. The molecule has 0 atom stereocenters. The molecule has 3 rings (SSSR count). The Bertz CT molecular complexity index is 948. The van der Waals surface area contributed by atoms with Crippen LogP contribution in [0.25, 0.3) is 0 Å². The molecule has 6 heteroatoms. The summed E-state index contributed by atoms with van der Waals surface area (Å²) in [5.74, 6) is 2.15. The number of aryl methyl sites for hydroxylation is 1. The number of ether oxygens (including phenoxy) is 1. The van der Waals surface area contributed by atoms with Gasteiger partial charge in [0.15, 0.2) is 0 Å². The Morgan fingerprint density at radius 2 is 1.85 bits per heavy atom. The SMILES string of the molecule is COc1ccccc1CCNc1nc(C)cc(Nc2ccc(C#N)cc2)n1. The third-order valence-corrected chi connectivity index (χ3v) is 4.01. The molecule has 2 N–H and O–H groups in total. The molecule has 136 valence electrons. The first-order valence-corrected chi connectivity index (χ1v) is 8.66. The highest BCUT2D eigenvalue weighted by Crippen LogP contribution is 2.19. The maximum Gasteiger partial charge on any atom is 0.224 e. The Morgan fingerprint density at radius 1 is 1.07 bits per heavy atom. The van der Waals surface area contributed by atoms with Gasteiger partial charge in [-0.25, -0.2) is 4.98 Å². The Labute approximate surface area is 158 Å². The van der Waals surface area contributed by atoms with Gasteiger partial charge in [-0.15, -0.1) is 0 Å². The maximum absolute atomic E-state index is 8.88. The zero-order valence-electron chi connectivity index (χ0n) is 15.4. The second kappa shape index (κ2) is 8.68. The van der Waals surface area contributed by atoms with E-state index in [1.807, 2.05) is 43.3 Å². The number of aromatic nitrogens is 2. The summed E-state index contributed by atoms with van der Waals surface area (Å²) in [5, 5.41) is 15.4. The Hall–Kier alpha value is -3.59. The van der Waals surface area contributed by atoms with Crippen LogP contribution in [-0.2, 0) is 6.42 Å². The van der Waals surface area contributed by atoms with Crippen molar-refractivity contribution in [2.24, 2.45) is 0 Å². The molecule has 2 aromatic carbocycles. The molecule has 3 aromatic rings. The minimum atomic E-state index is 0.570. The molecule has 6 nitrogen and oxygen atoms in total. The molecule has 0 saturated heterocycles. The van der Waals surface area contributed by atoms with Crippen molar-refractivity contribution in [2.75, 3.05) is 24.3 Å². The minimum Gasteiger partial charge on any atom is -0.496 e. The number of methoxy groups -OCH3 is 1. The van der Waals surface area contributed by atoms with Crippen molar-refractivity contribution in [3.05, 3.63) is 71.4 Å². The highest BCUT2D eigenvalue weighted by Gasteiger charge is 2.05. The van der Waals surface area contributed by atoms with Gasteiger partial charge in [-0.05, 0) is 49.2 Å². The fourth-order valence-corrected chi connectivity index (χ4v) is 2.71. The first kappa shape index (κ1) is 18.2. The van der Waals surface area contributed by atoms with Gasteiger partial charge in [0.25, 0.3) is 0 Å². The zero-order valence-corrected chi connectivity index (χ0v) is 15.4. The standard InChI is InChI=1S/C21H21N5O/c1-15-13-20(25-18-9-7-16(14-22)8-10-18)26-21(24-15)23-12-11-17-5-3-4-6-19(17)27-2/h3-10,13H,11-12H2,1-2H3,(H2,23,24,25,26). The van der Waals surface area contributed by atoms with Gasteiger partial charge in [-0.2, -0.15) is 10.2 Å². The second-order valence-corrected chi connectivity index (χ2v) is 6.02. The molecule has 0 aliphatic carbocycles. The van der Waals surface area contributed by atoms with Crippen LogP contribution in [0.1, 0.15) is 16.8 Å². The van der Waals surface area contributed by atoms with E-state index in [9.17, 15) is 0 Å². The van der Waals surface area contributed by atoms with E-state index in [1.54, 1.807) is 19.2 Å². The summed E-state index contributed by atoms with van der Waals surface area (Å²) in [7, 11) is 1.68. The summed E-state index contributed by atoms with van der Waals surface area (Å²) in [6.07, 6.45) is 0.805. The quantitative estimate of drug-likeness (QED) is 0.662. The third kappa shape index (κ3) is 4.95. The number of para-hydroxylation sites is 1. The predicted molar refractivity (Wildman–Crippen MR) is 106 cm³/mol. The van der Waals surface area contributed by atoms with Gasteiger partial charge in [-0.3, -0.25) is 0 Å². The number of rotatable bonds is 7. The van der Waals surface area contributed by atoms with Crippen LogP contribution >= 0.6 is 0 Å². The molecule has 0 saturated carbocycles. The average Bonchev–Trinajstić information content (AvgIpc) is 2.68. The normalized spacial score (nSPS) is 10.1. The van der Waals surface area contributed by atoms with Crippen molar-refractivity contribution < 1.29 is 4.74 Å². The highest BCUT2D eigenvalue weighted by molar-refractivity contribution is 5.58. The van der Waals surface area contributed by atoms with Gasteiger partial charge < -0.3 is 15.4 Å². The average molecular weight is 359 g/mol. The van der Waals surface area contributed by atoms with E-state index in [4.69, 9.17) is 10.00 Å². The molecule has 0 amide bonds. The van der Waals surface area contributed by atoms with E-state index in [0.717, 1.165) is 29.1 Å². The molecular weight excluding hydrogens is 338 g/mol. The van der Waals surface area contributed by atoms with Gasteiger partial charge in [-0.1, -0.05) is 18.2 Å². The van der Waals surface area contributed by atoms with Crippen molar-refractivity contribution in [3.8, 4) is 11.8 Å². The van der Waals surface area contributed by atoms with Gasteiger partial charge in [0.2, 0.25) is 5.95 Å². The van der Waals surface area contributed by atoms with Gasteiger partial charge >= 0.3 is 0 Å². The lowest BCUT2D eigenvalue weighted by Gasteiger charge is -2.11. The number of benzene rings is 2. The number of nitriles is 1. The maximum atomic E-state index is 8.88. The molecule has 1 aromatic heterocycles. The molecule has 1 heterocycles. The van der Waals surface area contributed by atoms with E-state index in [1.165, 1.54) is 0 Å². The van der Waals surface area contributed by atoms with E-state index in [2.05, 4.69) is 32.7 Å². The molecule has 0 aliphatic heterocycles.